The van der Waals surface area contributed by atoms with Crippen LogP contribution in [0.3, 0.4) is 0 Å². The van der Waals surface area contributed by atoms with E-state index in [-0.39, 0.29) is 23.8 Å². The Morgan fingerprint density at radius 1 is 0.881 bits per heavy atom. The summed E-state index contributed by atoms with van der Waals surface area (Å²) in [6.45, 7) is 10.1. The molecule has 0 radical (unpaired) electrons. The summed E-state index contributed by atoms with van der Waals surface area (Å²) in [6.07, 6.45) is -0.315. The van der Waals surface area contributed by atoms with E-state index in [2.05, 4.69) is 49.9 Å². The van der Waals surface area contributed by atoms with Crippen molar-refractivity contribution in [2.24, 2.45) is 0 Å². The second-order valence-electron chi connectivity index (χ2n) is 11.7. The van der Waals surface area contributed by atoms with Crippen LogP contribution in [0.2, 0.25) is 0 Å². The Morgan fingerprint density at radius 2 is 1.60 bits per heavy atom. The van der Waals surface area contributed by atoms with E-state index < -0.39 is 5.97 Å². The van der Waals surface area contributed by atoms with Crippen molar-refractivity contribution in [1.29, 1.82) is 0 Å². The summed E-state index contributed by atoms with van der Waals surface area (Å²) in [5, 5.41) is 11.4. The molecule has 1 fully saturated rings. The van der Waals surface area contributed by atoms with Gasteiger partial charge in [0.2, 0.25) is 0 Å². The molecule has 220 valence electrons. The maximum absolute atomic E-state index is 12.8. The molecule has 1 saturated heterocycles. The number of carboxylic acid groups (broad SMARTS) is 1. The van der Waals surface area contributed by atoms with E-state index in [4.69, 9.17) is 9.47 Å². The van der Waals surface area contributed by atoms with Crippen molar-refractivity contribution in [2.75, 3.05) is 51.4 Å². The first-order chi connectivity index (χ1) is 20.2. The normalized spacial score (nSPS) is 13.9. The number of amides is 1. The molecule has 1 amide bonds. The van der Waals surface area contributed by atoms with E-state index in [1.165, 1.54) is 5.56 Å². The van der Waals surface area contributed by atoms with Gasteiger partial charge in [-0.25, -0.2) is 9.59 Å². The molecule has 2 heterocycles. The molecule has 4 aromatic rings. The number of methoxy groups -OCH3 is 1. The number of nitrogens with zero attached hydrogens (tertiary/aromatic N) is 3. The minimum Gasteiger partial charge on any atom is -0.477 e. The van der Waals surface area contributed by atoms with Crippen LogP contribution in [0.4, 0.5) is 10.5 Å². The SMILES string of the molecule is COCCOC(=O)N1CCN(c2cccc(Cn3c(C(=O)O)c(-c4ccc(C(C)(C)C)cc4)c4ccccc43)c2)CC1. The number of hydrogen-bond donors (Lipinski definition) is 1. The number of carboxylic acids is 1. The number of piperazine rings is 1. The van der Waals surface area contributed by atoms with Gasteiger partial charge in [0.05, 0.1) is 6.61 Å². The van der Waals surface area contributed by atoms with Crippen molar-refractivity contribution in [3.8, 4) is 11.1 Å². The average molecular weight is 570 g/mol. The Bertz CT molecular complexity index is 1560. The number of ether oxygens (including phenoxy) is 2. The summed E-state index contributed by atoms with van der Waals surface area (Å²) in [6, 6.07) is 24.4. The van der Waals surface area contributed by atoms with Gasteiger partial charge in [0.1, 0.15) is 12.3 Å². The first kappa shape index (κ1) is 29.2. The van der Waals surface area contributed by atoms with E-state index >= 15 is 0 Å². The molecular weight excluding hydrogens is 530 g/mol. The molecule has 0 spiro atoms. The molecule has 1 aliphatic heterocycles. The molecule has 8 nitrogen and oxygen atoms in total. The molecule has 8 heteroatoms. The Balaban J connectivity index is 1.42. The van der Waals surface area contributed by atoms with Crippen LogP contribution in [0.5, 0.6) is 0 Å². The van der Waals surface area contributed by atoms with E-state index in [0.717, 1.165) is 33.3 Å². The fourth-order valence-corrected chi connectivity index (χ4v) is 5.60. The quantitative estimate of drug-likeness (QED) is 0.252. The predicted octanol–water partition coefficient (Wildman–Crippen LogP) is 6.26. The first-order valence-corrected chi connectivity index (χ1v) is 14.4. The van der Waals surface area contributed by atoms with Gasteiger partial charge in [0, 0.05) is 62.0 Å². The van der Waals surface area contributed by atoms with Crippen LogP contribution < -0.4 is 4.90 Å². The molecule has 0 bridgehead atoms. The van der Waals surface area contributed by atoms with Crippen LogP contribution in [0, 0.1) is 0 Å². The number of carbonyl (C=O) groups excluding carboxylic acids is 1. The fourth-order valence-electron chi connectivity index (χ4n) is 5.60. The molecule has 0 saturated carbocycles. The van der Waals surface area contributed by atoms with Gasteiger partial charge < -0.3 is 28.9 Å². The minimum absolute atomic E-state index is 0.00713. The average Bonchev–Trinajstić information content (AvgIpc) is 3.31. The molecule has 1 aromatic heterocycles. The van der Waals surface area contributed by atoms with E-state index in [9.17, 15) is 14.7 Å². The highest BCUT2D eigenvalue weighted by molar-refractivity contribution is 6.08. The largest absolute Gasteiger partial charge is 0.477 e. The predicted molar refractivity (Wildman–Crippen MR) is 166 cm³/mol. The second-order valence-corrected chi connectivity index (χ2v) is 11.7. The number of aromatic nitrogens is 1. The first-order valence-electron chi connectivity index (χ1n) is 14.4. The molecule has 0 unspecified atom stereocenters. The zero-order valence-corrected chi connectivity index (χ0v) is 24.8. The summed E-state index contributed by atoms with van der Waals surface area (Å²) in [5.74, 6) is -0.953. The van der Waals surface area contributed by atoms with Crippen LogP contribution in [0.1, 0.15) is 42.4 Å². The maximum Gasteiger partial charge on any atom is 0.409 e. The Hall–Kier alpha value is -4.30. The van der Waals surface area contributed by atoms with Crippen molar-refractivity contribution in [1.82, 2.24) is 9.47 Å². The van der Waals surface area contributed by atoms with Crippen LogP contribution in [-0.4, -0.2) is 73.1 Å². The molecule has 1 aliphatic rings. The minimum atomic E-state index is -0.953. The van der Waals surface area contributed by atoms with E-state index in [1.807, 2.05) is 53.1 Å². The van der Waals surface area contributed by atoms with Gasteiger partial charge in [-0.05, 0) is 40.3 Å². The molecular formula is C34H39N3O5. The fraction of sp³-hybridized carbons (Fsp3) is 0.353. The van der Waals surface area contributed by atoms with E-state index in [0.29, 0.717) is 39.3 Å². The molecule has 1 N–H and O–H groups in total. The van der Waals surface area contributed by atoms with Crippen molar-refractivity contribution in [3.05, 3.63) is 89.6 Å². The van der Waals surface area contributed by atoms with E-state index in [1.54, 1.807) is 12.0 Å². The van der Waals surface area contributed by atoms with Crippen LogP contribution in [0.15, 0.2) is 72.8 Å². The molecule has 3 aromatic carbocycles. The maximum atomic E-state index is 12.8. The Morgan fingerprint density at radius 3 is 2.26 bits per heavy atom. The van der Waals surface area contributed by atoms with Crippen molar-refractivity contribution in [3.63, 3.8) is 0 Å². The summed E-state index contributed by atoms with van der Waals surface area (Å²) in [4.78, 5) is 29.1. The number of fused-ring (bicyclic) bond motifs is 1. The van der Waals surface area contributed by atoms with Gasteiger partial charge in [0.25, 0.3) is 0 Å². The van der Waals surface area contributed by atoms with Gasteiger partial charge >= 0.3 is 12.1 Å². The van der Waals surface area contributed by atoms with Crippen molar-refractivity contribution >= 4 is 28.7 Å². The molecule has 42 heavy (non-hydrogen) atoms. The number of benzene rings is 3. The van der Waals surface area contributed by atoms with Crippen molar-refractivity contribution < 1.29 is 24.2 Å². The third kappa shape index (κ3) is 6.14. The Labute approximate surface area is 247 Å². The van der Waals surface area contributed by atoms with Crippen molar-refractivity contribution in [2.45, 2.75) is 32.7 Å². The molecule has 0 atom stereocenters. The highest BCUT2D eigenvalue weighted by Crippen LogP contribution is 2.37. The highest BCUT2D eigenvalue weighted by atomic mass is 16.6. The number of hydrogen-bond acceptors (Lipinski definition) is 5. The van der Waals surface area contributed by atoms with Gasteiger partial charge in [0.15, 0.2) is 0 Å². The third-order valence-electron chi connectivity index (χ3n) is 7.88. The lowest BCUT2D eigenvalue weighted by Crippen LogP contribution is -2.49. The number of carbonyl (C=O) groups is 2. The number of para-hydroxylation sites is 1. The van der Waals surface area contributed by atoms with Gasteiger partial charge in [-0.1, -0.05) is 75.4 Å². The lowest BCUT2D eigenvalue weighted by molar-refractivity contribution is 0.0685. The zero-order valence-electron chi connectivity index (χ0n) is 24.8. The lowest BCUT2D eigenvalue weighted by atomic mass is 9.86. The standard InChI is InChI=1S/C34H39N3O5/c1-34(2,3)26-14-12-25(13-15-26)30-28-10-5-6-11-29(28)37(31(30)32(38)39)23-24-8-7-9-27(22-24)35-16-18-36(19-17-35)33(40)42-21-20-41-4/h5-15,22H,16-21,23H2,1-4H3,(H,38,39). The topological polar surface area (TPSA) is 84.2 Å². The van der Waals surface area contributed by atoms with Gasteiger partial charge in [-0.2, -0.15) is 0 Å². The molecule has 0 aliphatic carbocycles. The zero-order chi connectivity index (χ0) is 29.9. The van der Waals surface area contributed by atoms with Gasteiger partial charge in [-0.15, -0.1) is 0 Å². The van der Waals surface area contributed by atoms with Crippen LogP contribution in [0.25, 0.3) is 22.0 Å². The highest BCUT2D eigenvalue weighted by Gasteiger charge is 2.25. The second kappa shape index (κ2) is 12.3. The number of aromatic carboxylic acids is 1. The number of rotatable bonds is 8. The van der Waals surface area contributed by atoms with Crippen LogP contribution >= 0.6 is 0 Å². The summed E-state index contributed by atoms with van der Waals surface area (Å²) in [7, 11) is 1.58. The van der Waals surface area contributed by atoms with Gasteiger partial charge in [-0.3, -0.25) is 0 Å². The third-order valence-corrected chi connectivity index (χ3v) is 7.88. The summed E-state index contributed by atoms with van der Waals surface area (Å²) in [5.41, 5.74) is 6.06. The summed E-state index contributed by atoms with van der Waals surface area (Å²) < 4.78 is 12.1. The number of anilines is 1. The summed E-state index contributed by atoms with van der Waals surface area (Å²) >= 11 is 0. The van der Waals surface area contributed by atoms with Crippen LogP contribution in [-0.2, 0) is 21.4 Å². The lowest BCUT2D eigenvalue weighted by Gasteiger charge is -2.35. The Kier molecular flexibility index (Phi) is 8.54. The molecule has 5 rings (SSSR count). The monoisotopic (exact) mass is 569 g/mol. The smallest absolute Gasteiger partial charge is 0.409 e.